The Kier molecular flexibility index (Phi) is 6.05. The molecule has 0 aliphatic carbocycles. The third-order valence-electron chi connectivity index (χ3n) is 5.20. The van der Waals surface area contributed by atoms with Crippen molar-refractivity contribution in [1.82, 2.24) is 20.2 Å². The van der Waals surface area contributed by atoms with Crippen LogP contribution in [0.2, 0.25) is 0 Å². The zero-order valence-corrected chi connectivity index (χ0v) is 17.3. The van der Waals surface area contributed by atoms with Crippen molar-refractivity contribution in [2.75, 3.05) is 24.5 Å². The van der Waals surface area contributed by atoms with Gasteiger partial charge in [-0.2, -0.15) is 0 Å². The summed E-state index contributed by atoms with van der Waals surface area (Å²) in [5.74, 6) is 0.629. The predicted octanol–water partition coefficient (Wildman–Crippen LogP) is 2.13. The maximum atomic E-state index is 12.9. The molecule has 28 heavy (non-hydrogen) atoms. The van der Waals surface area contributed by atoms with E-state index in [1.807, 2.05) is 33.2 Å². The van der Waals surface area contributed by atoms with Crippen molar-refractivity contribution in [3.8, 4) is 0 Å². The topological polar surface area (TPSA) is 87.7 Å². The Morgan fingerprint density at radius 3 is 2.39 bits per heavy atom. The van der Waals surface area contributed by atoms with E-state index in [1.54, 1.807) is 4.90 Å². The lowest BCUT2D eigenvalue weighted by atomic mass is 10.0. The van der Waals surface area contributed by atoms with Crippen LogP contribution in [0.25, 0.3) is 0 Å². The monoisotopic (exact) mass is 389 g/mol. The van der Waals surface area contributed by atoms with Gasteiger partial charge >= 0.3 is 6.09 Å². The van der Waals surface area contributed by atoms with E-state index in [0.717, 1.165) is 43.9 Å². The first-order valence-electron chi connectivity index (χ1n) is 10.1. The number of amides is 2. The second-order valence-corrected chi connectivity index (χ2v) is 8.45. The molecule has 3 rings (SSSR count). The highest BCUT2D eigenvalue weighted by Crippen LogP contribution is 2.26. The van der Waals surface area contributed by atoms with Crippen molar-refractivity contribution in [3.63, 3.8) is 0 Å². The number of aromatic nitrogens is 2. The highest BCUT2D eigenvalue weighted by atomic mass is 16.6. The minimum atomic E-state index is -0.597. The molecule has 8 heteroatoms. The van der Waals surface area contributed by atoms with E-state index in [1.165, 1.54) is 0 Å². The standard InChI is InChI=1S/C20H31N5O3/c1-5-14-12-22-18(23-13-14)24-10-7-15(8-11-24)25(16-6-9-21-17(16)26)19(27)28-20(2,3)4/h12-13,15-16H,5-11H2,1-4H3,(H,21,26). The number of nitrogens with one attached hydrogen (secondary N) is 1. The van der Waals surface area contributed by atoms with Gasteiger partial charge in [-0.1, -0.05) is 6.92 Å². The van der Waals surface area contributed by atoms with Crippen molar-refractivity contribution < 1.29 is 14.3 Å². The van der Waals surface area contributed by atoms with E-state index in [9.17, 15) is 9.59 Å². The molecule has 1 aromatic rings. The molecule has 1 N–H and O–H groups in total. The van der Waals surface area contributed by atoms with Crippen LogP contribution in [0.15, 0.2) is 12.4 Å². The molecule has 2 aliphatic rings. The fourth-order valence-corrected chi connectivity index (χ4v) is 3.73. The molecule has 3 heterocycles. The van der Waals surface area contributed by atoms with E-state index >= 15 is 0 Å². The molecule has 0 saturated carbocycles. The summed E-state index contributed by atoms with van der Waals surface area (Å²) < 4.78 is 5.62. The Hall–Kier alpha value is -2.38. The predicted molar refractivity (Wildman–Crippen MR) is 106 cm³/mol. The highest BCUT2D eigenvalue weighted by Gasteiger charge is 2.41. The van der Waals surface area contributed by atoms with Crippen LogP contribution < -0.4 is 10.2 Å². The molecule has 0 aromatic carbocycles. The lowest BCUT2D eigenvalue weighted by Gasteiger charge is -2.40. The smallest absolute Gasteiger partial charge is 0.411 e. The van der Waals surface area contributed by atoms with Gasteiger partial charge in [-0.25, -0.2) is 14.8 Å². The second kappa shape index (κ2) is 8.32. The molecular formula is C20H31N5O3. The molecule has 8 nitrogen and oxygen atoms in total. The molecule has 0 bridgehead atoms. The highest BCUT2D eigenvalue weighted by molar-refractivity contribution is 5.87. The van der Waals surface area contributed by atoms with Gasteiger partial charge in [0.25, 0.3) is 0 Å². The zero-order valence-electron chi connectivity index (χ0n) is 17.3. The van der Waals surface area contributed by atoms with E-state index < -0.39 is 17.7 Å². The number of piperidine rings is 1. The van der Waals surface area contributed by atoms with Gasteiger partial charge < -0.3 is 15.0 Å². The average Bonchev–Trinajstić information content (AvgIpc) is 3.07. The number of carbonyl (C=O) groups excluding carboxylic acids is 2. The van der Waals surface area contributed by atoms with Crippen LogP contribution in [-0.4, -0.2) is 64.2 Å². The van der Waals surface area contributed by atoms with Crippen molar-refractivity contribution in [2.24, 2.45) is 0 Å². The van der Waals surface area contributed by atoms with Crippen LogP contribution >= 0.6 is 0 Å². The Bertz CT molecular complexity index is 693. The lowest BCUT2D eigenvalue weighted by molar-refractivity contribution is -0.124. The van der Waals surface area contributed by atoms with Crippen molar-refractivity contribution >= 4 is 17.9 Å². The second-order valence-electron chi connectivity index (χ2n) is 8.45. The first-order valence-corrected chi connectivity index (χ1v) is 10.1. The minimum absolute atomic E-state index is 0.0325. The molecule has 0 radical (unpaired) electrons. The summed E-state index contributed by atoms with van der Waals surface area (Å²) in [4.78, 5) is 37.9. The minimum Gasteiger partial charge on any atom is -0.444 e. The molecule has 154 valence electrons. The zero-order chi connectivity index (χ0) is 20.3. The Labute approximate surface area is 166 Å². The van der Waals surface area contributed by atoms with Gasteiger partial charge in [-0.05, 0) is 52.0 Å². The largest absolute Gasteiger partial charge is 0.444 e. The van der Waals surface area contributed by atoms with Crippen LogP contribution in [-0.2, 0) is 16.0 Å². The van der Waals surface area contributed by atoms with E-state index in [4.69, 9.17) is 4.74 Å². The van der Waals surface area contributed by atoms with E-state index in [-0.39, 0.29) is 11.9 Å². The normalized spacial score (nSPS) is 20.8. The van der Waals surface area contributed by atoms with Gasteiger partial charge in [-0.15, -0.1) is 0 Å². The first kappa shape index (κ1) is 20.4. The van der Waals surface area contributed by atoms with E-state index in [0.29, 0.717) is 13.0 Å². The van der Waals surface area contributed by atoms with Gasteiger partial charge in [0.1, 0.15) is 11.6 Å². The molecule has 0 spiro atoms. The van der Waals surface area contributed by atoms with E-state index in [2.05, 4.69) is 27.1 Å². The number of anilines is 1. The molecule has 1 atom stereocenters. The molecule has 2 saturated heterocycles. The van der Waals surface area contributed by atoms with Crippen molar-refractivity contribution in [2.45, 2.75) is 71.1 Å². The summed E-state index contributed by atoms with van der Waals surface area (Å²) >= 11 is 0. The maximum Gasteiger partial charge on any atom is 0.411 e. The molecule has 2 amide bonds. The fraction of sp³-hybridized carbons (Fsp3) is 0.700. The number of hydrogen-bond donors (Lipinski definition) is 1. The molecule has 1 unspecified atom stereocenters. The molecule has 2 aliphatic heterocycles. The van der Waals surface area contributed by atoms with Crippen LogP contribution in [0.5, 0.6) is 0 Å². The Morgan fingerprint density at radius 2 is 1.89 bits per heavy atom. The molecule has 2 fully saturated rings. The first-order chi connectivity index (χ1) is 13.3. The van der Waals surface area contributed by atoms with Crippen molar-refractivity contribution in [3.05, 3.63) is 18.0 Å². The summed E-state index contributed by atoms with van der Waals surface area (Å²) in [7, 11) is 0. The molecule has 1 aromatic heterocycles. The van der Waals surface area contributed by atoms with Crippen LogP contribution in [0.1, 0.15) is 52.5 Å². The van der Waals surface area contributed by atoms with Gasteiger partial charge in [0.15, 0.2) is 0 Å². The van der Waals surface area contributed by atoms with Crippen LogP contribution in [0.3, 0.4) is 0 Å². The summed E-state index contributed by atoms with van der Waals surface area (Å²) in [6.45, 7) is 9.69. The van der Waals surface area contributed by atoms with Gasteiger partial charge in [0, 0.05) is 38.1 Å². The summed E-state index contributed by atoms with van der Waals surface area (Å²) in [5.41, 5.74) is 0.516. The fourth-order valence-electron chi connectivity index (χ4n) is 3.73. The third kappa shape index (κ3) is 4.72. The van der Waals surface area contributed by atoms with Gasteiger partial charge in [0.05, 0.1) is 0 Å². The van der Waals surface area contributed by atoms with Crippen LogP contribution in [0, 0.1) is 0 Å². The number of aryl methyl sites for hydroxylation is 1. The SMILES string of the molecule is CCc1cnc(N2CCC(N(C(=O)OC(C)(C)C)C3CCNC3=O)CC2)nc1. The summed E-state index contributed by atoms with van der Waals surface area (Å²) in [6, 6.07) is -0.485. The Morgan fingerprint density at radius 1 is 1.25 bits per heavy atom. The average molecular weight is 390 g/mol. The summed E-state index contributed by atoms with van der Waals surface area (Å²) in [5, 5.41) is 2.83. The lowest BCUT2D eigenvalue weighted by Crippen LogP contribution is -2.55. The Balaban J connectivity index is 1.69. The van der Waals surface area contributed by atoms with Gasteiger partial charge in [0.2, 0.25) is 11.9 Å². The maximum absolute atomic E-state index is 12.9. The quantitative estimate of drug-likeness (QED) is 0.849. The number of ether oxygens (including phenoxy) is 1. The van der Waals surface area contributed by atoms with Crippen LogP contribution in [0.4, 0.5) is 10.7 Å². The third-order valence-corrected chi connectivity index (χ3v) is 5.20. The number of rotatable bonds is 4. The molecular weight excluding hydrogens is 358 g/mol. The summed E-state index contributed by atoms with van der Waals surface area (Å²) in [6.07, 6.45) is 6.37. The van der Waals surface area contributed by atoms with Gasteiger partial charge in [-0.3, -0.25) is 9.69 Å². The van der Waals surface area contributed by atoms with Crippen molar-refractivity contribution in [1.29, 1.82) is 0 Å². The number of carbonyl (C=O) groups is 2. The number of nitrogens with zero attached hydrogens (tertiary/aromatic N) is 4. The number of hydrogen-bond acceptors (Lipinski definition) is 6.